The fourth-order valence-electron chi connectivity index (χ4n) is 2.85. The van der Waals surface area contributed by atoms with Crippen molar-refractivity contribution in [2.75, 3.05) is 0 Å². The van der Waals surface area contributed by atoms with Gasteiger partial charge in [-0.2, -0.15) is 0 Å². The number of ketones is 1. The van der Waals surface area contributed by atoms with Crippen LogP contribution in [0.1, 0.15) is 21.5 Å². The Balaban J connectivity index is 0.000000185. The zero-order valence-corrected chi connectivity index (χ0v) is 18.7. The Bertz CT molecular complexity index is 1110. The molecule has 4 aromatic carbocycles. The van der Waals surface area contributed by atoms with Gasteiger partial charge >= 0.3 is 84.5 Å². The molecule has 154 valence electrons. The number of hydrogen-bond acceptors (Lipinski definition) is 3. The molecular weight excluding hydrogens is 453 g/mol. The van der Waals surface area contributed by atoms with Crippen LogP contribution < -0.4 is 8.92 Å². The van der Waals surface area contributed by atoms with E-state index in [1.165, 1.54) is 15.0 Å². The summed E-state index contributed by atoms with van der Waals surface area (Å²) in [7, 11) is 0. The third-order valence-corrected chi connectivity index (χ3v) is 6.48. The van der Waals surface area contributed by atoms with Crippen molar-refractivity contribution in [3.63, 3.8) is 0 Å². The van der Waals surface area contributed by atoms with Crippen LogP contribution in [0.5, 0.6) is 0 Å². The molecule has 0 aliphatic rings. The van der Waals surface area contributed by atoms with Crippen LogP contribution in [-0.2, 0) is 0 Å². The van der Waals surface area contributed by atoms with Crippen molar-refractivity contribution >= 4 is 35.4 Å². The molecule has 0 radical (unpaired) electrons. The van der Waals surface area contributed by atoms with E-state index in [0.29, 0.717) is 20.5 Å². The standard InChI is InChI=1S/C14H11NO3.C12H10Se/c1-10-7-8-13(15(17)18)12(9-10)14(16)11-5-3-2-4-6-11;1-3-7-11(8-4-1)13-12-9-5-2-6-10-12/h2-9H,1H3;1-10H. The van der Waals surface area contributed by atoms with Gasteiger partial charge < -0.3 is 0 Å². The van der Waals surface area contributed by atoms with Crippen LogP contribution in [-0.4, -0.2) is 25.7 Å². The van der Waals surface area contributed by atoms with Gasteiger partial charge in [-0.15, -0.1) is 0 Å². The van der Waals surface area contributed by atoms with Crippen molar-refractivity contribution in [3.8, 4) is 0 Å². The average molecular weight is 474 g/mol. The second-order valence-corrected chi connectivity index (χ2v) is 9.11. The molecule has 0 saturated carbocycles. The van der Waals surface area contributed by atoms with Crippen LogP contribution in [0.3, 0.4) is 0 Å². The average Bonchev–Trinajstić information content (AvgIpc) is 2.81. The van der Waals surface area contributed by atoms with Crippen LogP contribution in [0.15, 0.2) is 109 Å². The van der Waals surface area contributed by atoms with Gasteiger partial charge in [0, 0.05) is 11.6 Å². The SMILES string of the molecule is Cc1ccc([N+](=O)[O-])c(C(=O)c2ccccc2)c1.c1ccc([Se]c2ccccc2)cc1. The number of rotatable bonds is 5. The Morgan fingerprint density at radius 1 is 0.742 bits per heavy atom. The van der Waals surface area contributed by atoms with Gasteiger partial charge in [-0.25, -0.2) is 0 Å². The molecule has 4 rings (SSSR count). The maximum absolute atomic E-state index is 12.2. The Kier molecular flexibility index (Phi) is 7.88. The van der Waals surface area contributed by atoms with E-state index in [-0.39, 0.29) is 17.0 Å². The van der Waals surface area contributed by atoms with Gasteiger partial charge in [-0.3, -0.25) is 14.9 Å². The van der Waals surface area contributed by atoms with Crippen LogP contribution in [0.2, 0.25) is 0 Å². The first-order chi connectivity index (χ1) is 15.0. The van der Waals surface area contributed by atoms with E-state index >= 15 is 0 Å². The molecule has 0 bridgehead atoms. The Morgan fingerprint density at radius 3 is 1.71 bits per heavy atom. The summed E-state index contributed by atoms with van der Waals surface area (Å²) in [5, 5.41) is 10.9. The monoisotopic (exact) mass is 475 g/mol. The molecule has 0 aromatic heterocycles. The Labute approximate surface area is 187 Å². The van der Waals surface area contributed by atoms with E-state index in [2.05, 4.69) is 60.7 Å². The molecule has 0 spiro atoms. The summed E-state index contributed by atoms with van der Waals surface area (Å²) in [5.41, 5.74) is 1.24. The molecule has 0 atom stereocenters. The minimum atomic E-state index is -0.532. The van der Waals surface area contributed by atoms with Gasteiger partial charge in [-0.05, 0) is 18.6 Å². The summed E-state index contributed by atoms with van der Waals surface area (Å²) in [6, 6.07) is 34.3. The summed E-state index contributed by atoms with van der Waals surface area (Å²) in [6.07, 6.45) is 0. The first kappa shape index (κ1) is 22.2. The molecule has 0 unspecified atom stereocenters. The second kappa shape index (κ2) is 11.0. The van der Waals surface area contributed by atoms with Crippen LogP contribution >= 0.6 is 0 Å². The van der Waals surface area contributed by atoms with Gasteiger partial charge in [0.05, 0.1) is 4.92 Å². The third-order valence-electron chi connectivity index (χ3n) is 4.35. The van der Waals surface area contributed by atoms with Crippen molar-refractivity contribution < 1.29 is 9.72 Å². The topological polar surface area (TPSA) is 60.2 Å². The van der Waals surface area contributed by atoms with Gasteiger partial charge in [-0.1, -0.05) is 36.4 Å². The molecule has 4 nitrogen and oxygen atoms in total. The number of aryl methyl sites for hydroxylation is 1. The summed E-state index contributed by atoms with van der Waals surface area (Å²) in [5.74, 6) is -0.328. The molecule has 0 aliphatic carbocycles. The van der Waals surface area contributed by atoms with Crippen molar-refractivity contribution in [3.05, 3.63) is 136 Å². The molecule has 31 heavy (non-hydrogen) atoms. The van der Waals surface area contributed by atoms with Gasteiger partial charge in [0.15, 0.2) is 5.78 Å². The zero-order chi connectivity index (χ0) is 22.1. The van der Waals surface area contributed by atoms with E-state index in [9.17, 15) is 14.9 Å². The molecule has 0 saturated heterocycles. The number of benzene rings is 4. The van der Waals surface area contributed by atoms with Gasteiger partial charge in [0.1, 0.15) is 5.56 Å². The fraction of sp³-hybridized carbons (Fsp3) is 0.0385. The quantitative estimate of drug-likeness (QED) is 0.186. The normalized spacial score (nSPS) is 9.97. The van der Waals surface area contributed by atoms with Gasteiger partial charge in [0.25, 0.3) is 5.69 Å². The molecule has 0 fully saturated rings. The summed E-state index contributed by atoms with van der Waals surface area (Å²) >= 11 is 0.461. The molecule has 5 heteroatoms. The Hall–Kier alpha value is -3.53. The summed E-state index contributed by atoms with van der Waals surface area (Å²) in [6.45, 7) is 1.80. The van der Waals surface area contributed by atoms with Crippen molar-refractivity contribution in [1.82, 2.24) is 0 Å². The second-order valence-electron chi connectivity index (χ2n) is 6.70. The Morgan fingerprint density at radius 2 is 1.23 bits per heavy atom. The van der Waals surface area contributed by atoms with E-state index in [0.717, 1.165) is 5.56 Å². The minimum absolute atomic E-state index is 0.131. The van der Waals surface area contributed by atoms with Crippen molar-refractivity contribution in [2.45, 2.75) is 6.92 Å². The molecule has 0 amide bonds. The van der Waals surface area contributed by atoms with E-state index in [1.54, 1.807) is 49.4 Å². The number of carbonyl (C=O) groups is 1. The molecule has 0 N–H and O–H groups in total. The number of nitro benzene ring substituents is 1. The fourth-order valence-corrected chi connectivity index (χ4v) is 4.65. The number of hydrogen-bond donors (Lipinski definition) is 0. The number of nitro groups is 1. The van der Waals surface area contributed by atoms with Crippen LogP contribution in [0, 0.1) is 17.0 Å². The van der Waals surface area contributed by atoms with Crippen molar-refractivity contribution in [1.29, 1.82) is 0 Å². The van der Waals surface area contributed by atoms with Gasteiger partial charge in [0.2, 0.25) is 0 Å². The molecule has 4 aromatic rings. The zero-order valence-electron chi connectivity index (χ0n) is 17.0. The van der Waals surface area contributed by atoms with E-state index in [1.807, 2.05) is 0 Å². The predicted octanol–water partition coefficient (Wildman–Crippen LogP) is 4.48. The predicted molar refractivity (Wildman–Crippen MR) is 126 cm³/mol. The molecule has 0 heterocycles. The first-order valence-corrected chi connectivity index (χ1v) is 11.4. The molecule has 0 aliphatic heterocycles. The summed E-state index contributed by atoms with van der Waals surface area (Å²) in [4.78, 5) is 22.6. The number of nitrogens with zero attached hydrogens (tertiary/aromatic N) is 1. The van der Waals surface area contributed by atoms with E-state index in [4.69, 9.17) is 0 Å². The maximum atomic E-state index is 12.2. The van der Waals surface area contributed by atoms with Crippen molar-refractivity contribution in [2.24, 2.45) is 0 Å². The number of carbonyl (C=O) groups excluding carboxylic acids is 1. The van der Waals surface area contributed by atoms with E-state index < -0.39 is 4.92 Å². The third kappa shape index (κ3) is 6.48. The van der Waals surface area contributed by atoms with Crippen LogP contribution in [0.25, 0.3) is 0 Å². The summed E-state index contributed by atoms with van der Waals surface area (Å²) < 4.78 is 2.86. The molecular formula is C26H21NO3Se. The first-order valence-electron chi connectivity index (χ1n) is 9.67. The van der Waals surface area contributed by atoms with Crippen LogP contribution in [0.4, 0.5) is 5.69 Å².